The third-order valence-corrected chi connectivity index (χ3v) is 8.45. The number of ketones is 1. The molecule has 2 aromatic carbocycles. The zero-order chi connectivity index (χ0) is 18.6. The van der Waals surface area contributed by atoms with Crippen LogP contribution in [-0.4, -0.2) is 10.6 Å². The molecular formula is C21H16Cl3OS+. The summed E-state index contributed by atoms with van der Waals surface area (Å²) < 4.78 is 0. The van der Waals surface area contributed by atoms with E-state index >= 15 is 0 Å². The van der Waals surface area contributed by atoms with E-state index in [-0.39, 0.29) is 11.7 Å². The van der Waals surface area contributed by atoms with Gasteiger partial charge in [-0.1, -0.05) is 51.4 Å². The fourth-order valence-corrected chi connectivity index (χ4v) is 6.73. The zero-order valence-corrected chi connectivity index (χ0v) is 17.3. The van der Waals surface area contributed by atoms with Crippen LogP contribution in [0.1, 0.15) is 22.8 Å². The van der Waals surface area contributed by atoms with Crippen LogP contribution < -0.4 is 0 Å². The summed E-state index contributed by atoms with van der Waals surface area (Å²) in [5.41, 5.74) is 2.62. The predicted octanol–water partition coefficient (Wildman–Crippen LogP) is 6.14. The molecule has 1 heterocycles. The number of hydrogen-bond acceptors (Lipinski definition) is 1. The molecule has 0 bridgehead atoms. The van der Waals surface area contributed by atoms with E-state index in [1.54, 1.807) is 0 Å². The number of carbonyl (C=O) groups is 1. The number of Topliss-reactive ketones (excluding diaryl/α,β-unsaturated/α-hetero) is 1. The lowest BCUT2D eigenvalue weighted by molar-refractivity contribution is 0.0969. The lowest BCUT2D eigenvalue weighted by Crippen LogP contribution is -2.32. The van der Waals surface area contributed by atoms with E-state index in [4.69, 9.17) is 34.8 Å². The van der Waals surface area contributed by atoms with Crippen molar-refractivity contribution >= 4 is 55.9 Å². The molecule has 132 valence electrons. The van der Waals surface area contributed by atoms with Crippen molar-refractivity contribution in [3.63, 3.8) is 0 Å². The van der Waals surface area contributed by atoms with E-state index in [1.807, 2.05) is 62.4 Å². The first-order valence-electron chi connectivity index (χ1n) is 8.19. The van der Waals surface area contributed by atoms with Crippen LogP contribution in [0.15, 0.2) is 68.9 Å². The summed E-state index contributed by atoms with van der Waals surface area (Å²) in [6.07, 6.45) is 3.95. The second-order valence-electron chi connectivity index (χ2n) is 6.54. The average molecular weight is 423 g/mol. The molecule has 0 amide bonds. The Kier molecular flexibility index (Phi) is 4.65. The van der Waals surface area contributed by atoms with E-state index in [9.17, 15) is 4.79 Å². The smallest absolute Gasteiger partial charge is 0.183 e. The van der Waals surface area contributed by atoms with Crippen LogP contribution >= 0.6 is 34.8 Å². The van der Waals surface area contributed by atoms with E-state index in [0.717, 1.165) is 31.4 Å². The number of fused-ring (bicyclic) bond motifs is 2. The molecule has 2 aromatic rings. The minimum absolute atomic E-state index is 0.113. The summed E-state index contributed by atoms with van der Waals surface area (Å²) >= 11 is 18.9. The van der Waals surface area contributed by atoms with Crippen molar-refractivity contribution in [2.75, 3.05) is 0 Å². The number of thiol groups is 1. The van der Waals surface area contributed by atoms with Crippen molar-refractivity contribution in [1.82, 2.24) is 0 Å². The largest absolute Gasteiger partial charge is 0.293 e. The molecule has 26 heavy (non-hydrogen) atoms. The number of hydrogen-bond donors (Lipinski definition) is 0. The Balaban J connectivity index is 2.08. The highest BCUT2D eigenvalue weighted by molar-refractivity contribution is 7.97. The standard InChI is InChI=1S/C21H15Cl3OS/c1-11-7-15-19(9-17(11)23)26(14-5-3-13(22)4-6-14)20-10-18(24)12(2)8-16(20)21(15)25/h3-10,15H,1-2H3/p+1. The molecule has 0 radical (unpaired) electrons. The second-order valence-corrected chi connectivity index (χ2v) is 9.98. The normalized spacial score (nSPS) is 21.7. The van der Waals surface area contributed by atoms with Crippen LogP contribution in [0.25, 0.3) is 0 Å². The molecule has 1 nitrogen and oxygen atoms in total. The van der Waals surface area contributed by atoms with Gasteiger partial charge in [0.2, 0.25) is 0 Å². The summed E-state index contributed by atoms with van der Waals surface area (Å²) in [5, 5.41) is 2.05. The predicted molar refractivity (Wildman–Crippen MR) is 113 cm³/mol. The van der Waals surface area contributed by atoms with Crippen LogP contribution in [0.2, 0.25) is 10.0 Å². The molecule has 0 spiro atoms. The van der Waals surface area contributed by atoms with E-state index in [0.29, 0.717) is 15.1 Å². The summed E-state index contributed by atoms with van der Waals surface area (Å²) in [6.45, 7) is 3.87. The molecular weight excluding hydrogens is 407 g/mol. The monoisotopic (exact) mass is 421 g/mol. The molecule has 0 fully saturated rings. The number of halogens is 3. The van der Waals surface area contributed by atoms with E-state index < -0.39 is 10.5 Å². The Labute approximate surface area is 170 Å². The molecule has 2 atom stereocenters. The second kappa shape index (κ2) is 6.69. The summed E-state index contributed by atoms with van der Waals surface area (Å²) in [5.74, 6) is -0.158. The van der Waals surface area contributed by atoms with Gasteiger partial charge < -0.3 is 0 Å². The highest BCUT2D eigenvalue weighted by atomic mass is 35.5. The molecule has 2 aliphatic rings. The molecule has 0 aromatic heterocycles. The number of rotatable bonds is 1. The molecule has 1 aliphatic heterocycles. The van der Waals surface area contributed by atoms with Gasteiger partial charge in [0.15, 0.2) is 5.78 Å². The molecule has 5 heteroatoms. The fourth-order valence-electron chi connectivity index (χ4n) is 3.40. The molecule has 0 saturated carbocycles. The van der Waals surface area contributed by atoms with Gasteiger partial charge in [0, 0.05) is 27.2 Å². The minimum atomic E-state index is -0.906. The molecule has 1 aliphatic carbocycles. The number of benzene rings is 2. The Morgan fingerprint density at radius 3 is 2.38 bits per heavy atom. The number of carbonyl (C=O) groups excluding carboxylic acids is 1. The van der Waals surface area contributed by atoms with Crippen molar-refractivity contribution in [3.05, 3.63) is 80.3 Å². The molecule has 4 rings (SSSR count). The van der Waals surface area contributed by atoms with Crippen molar-refractivity contribution < 1.29 is 4.79 Å². The SMILES string of the molecule is CC1=CC2C(=O)c3cc(C)c(Cl)cc3[SH+](c3ccc(Cl)cc3)=C2C=C1Cl. The van der Waals surface area contributed by atoms with Gasteiger partial charge in [-0.2, -0.15) is 0 Å². The Morgan fingerprint density at radius 1 is 1.00 bits per heavy atom. The maximum Gasteiger partial charge on any atom is 0.183 e. The van der Waals surface area contributed by atoms with Crippen LogP contribution in [0.3, 0.4) is 0 Å². The zero-order valence-electron chi connectivity index (χ0n) is 14.2. The van der Waals surface area contributed by atoms with Gasteiger partial charge in [-0.05, 0) is 55.3 Å². The van der Waals surface area contributed by atoms with Crippen molar-refractivity contribution in [2.24, 2.45) is 5.92 Å². The Bertz CT molecular complexity index is 1050. The maximum atomic E-state index is 13.2. The van der Waals surface area contributed by atoms with Crippen molar-refractivity contribution in [2.45, 2.75) is 23.6 Å². The Hall–Kier alpha value is -1.32. The van der Waals surface area contributed by atoms with Gasteiger partial charge in [0.05, 0.1) is 5.56 Å². The van der Waals surface area contributed by atoms with E-state index in [2.05, 4.69) is 0 Å². The average Bonchev–Trinajstić information content (AvgIpc) is 2.61. The van der Waals surface area contributed by atoms with Crippen LogP contribution in [0.4, 0.5) is 0 Å². The topological polar surface area (TPSA) is 17.1 Å². The molecule has 0 N–H and O–H groups in total. The molecule has 2 unspecified atom stereocenters. The fraction of sp³-hybridized carbons (Fsp3) is 0.143. The van der Waals surface area contributed by atoms with Crippen molar-refractivity contribution in [3.8, 4) is 0 Å². The number of aryl methyl sites for hydroxylation is 1. The maximum absolute atomic E-state index is 13.2. The first-order chi connectivity index (χ1) is 12.4. The quantitative estimate of drug-likeness (QED) is 0.306. The lowest BCUT2D eigenvalue weighted by atomic mass is 9.88. The third kappa shape index (κ3) is 2.90. The van der Waals surface area contributed by atoms with Crippen LogP contribution in [0, 0.1) is 12.8 Å². The number of allylic oxidation sites excluding steroid dienone is 4. The van der Waals surface area contributed by atoms with Gasteiger partial charge in [-0.15, -0.1) is 0 Å². The lowest BCUT2D eigenvalue weighted by Gasteiger charge is -2.26. The Morgan fingerprint density at radius 2 is 1.69 bits per heavy atom. The first kappa shape index (κ1) is 18.1. The highest BCUT2D eigenvalue weighted by Gasteiger charge is 2.39. The van der Waals surface area contributed by atoms with Crippen LogP contribution in [-0.2, 0) is 10.5 Å². The van der Waals surface area contributed by atoms with Gasteiger partial charge >= 0.3 is 0 Å². The van der Waals surface area contributed by atoms with Gasteiger partial charge in [-0.3, -0.25) is 4.79 Å². The van der Waals surface area contributed by atoms with Gasteiger partial charge in [0.25, 0.3) is 0 Å². The van der Waals surface area contributed by atoms with Crippen molar-refractivity contribution in [1.29, 1.82) is 0 Å². The first-order valence-corrected chi connectivity index (χ1v) is 10.7. The van der Waals surface area contributed by atoms with Crippen LogP contribution in [0.5, 0.6) is 0 Å². The summed E-state index contributed by atoms with van der Waals surface area (Å²) in [6, 6.07) is 11.7. The minimum Gasteiger partial charge on any atom is -0.293 e. The summed E-state index contributed by atoms with van der Waals surface area (Å²) in [4.78, 5) is 16.4. The van der Waals surface area contributed by atoms with Gasteiger partial charge in [0.1, 0.15) is 20.6 Å². The highest BCUT2D eigenvalue weighted by Crippen LogP contribution is 2.38. The molecule has 0 saturated heterocycles. The van der Waals surface area contributed by atoms with Gasteiger partial charge in [-0.25, -0.2) is 0 Å². The van der Waals surface area contributed by atoms with E-state index in [1.165, 1.54) is 0 Å². The third-order valence-electron chi connectivity index (χ3n) is 4.80. The summed E-state index contributed by atoms with van der Waals surface area (Å²) in [7, 11) is -0.906.